The summed E-state index contributed by atoms with van der Waals surface area (Å²) < 4.78 is 0. The van der Waals surface area contributed by atoms with Crippen LogP contribution in [0, 0.1) is 20.2 Å². The van der Waals surface area contributed by atoms with Gasteiger partial charge >= 0.3 is 0 Å². The van der Waals surface area contributed by atoms with E-state index in [1.165, 1.54) is 12.1 Å². The van der Waals surface area contributed by atoms with Gasteiger partial charge in [-0.25, -0.2) is 0 Å². The molecule has 0 saturated carbocycles. The SMILES string of the molecule is CCC1CCCCN1C(=O)Cc1ccc([N+](=O)[O-])cc1[N+](=O)[O-]. The third-order valence-electron chi connectivity index (χ3n) is 4.24. The van der Waals surface area contributed by atoms with Crippen LogP contribution in [-0.2, 0) is 11.2 Å². The van der Waals surface area contributed by atoms with Gasteiger partial charge in [0.2, 0.25) is 5.91 Å². The Hall–Kier alpha value is -2.51. The second kappa shape index (κ2) is 7.17. The number of nitro benzene ring substituents is 2. The van der Waals surface area contributed by atoms with E-state index in [4.69, 9.17) is 0 Å². The maximum atomic E-state index is 12.5. The summed E-state index contributed by atoms with van der Waals surface area (Å²) in [5, 5.41) is 21.9. The third-order valence-corrected chi connectivity index (χ3v) is 4.24. The van der Waals surface area contributed by atoms with E-state index in [0.29, 0.717) is 6.54 Å². The fourth-order valence-corrected chi connectivity index (χ4v) is 3.00. The quantitative estimate of drug-likeness (QED) is 0.612. The molecule has 8 heteroatoms. The van der Waals surface area contributed by atoms with E-state index in [9.17, 15) is 25.0 Å². The van der Waals surface area contributed by atoms with E-state index in [1.807, 2.05) is 6.92 Å². The maximum absolute atomic E-state index is 12.5. The molecule has 1 aromatic carbocycles. The molecule has 0 bridgehead atoms. The predicted octanol–water partition coefficient (Wildman–Crippen LogP) is 2.84. The van der Waals surface area contributed by atoms with Crippen molar-refractivity contribution >= 4 is 17.3 Å². The lowest BCUT2D eigenvalue weighted by molar-refractivity contribution is -0.394. The molecule has 1 atom stereocenters. The van der Waals surface area contributed by atoms with Crippen molar-refractivity contribution in [2.45, 2.75) is 45.1 Å². The molecule has 1 aliphatic rings. The monoisotopic (exact) mass is 321 g/mol. The topological polar surface area (TPSA) is 107 Å². The van der Waals surface area contributed by atoms with Crippen LogP contribution in [0.1, 0.15) is 38.2 Å². The molecule has 1 amide bonds. The molecule has 124 valence electrons. The number of carbonyl (C=O) groups excluding carboxylic acids is 1. The second-order valence-electron chi connectivity index (χ2n) is 5.65. The van der Waals surface area contributed by atoms with Gasteiger partial charge in [-0.3, -0.25) is 25.0 Å². The molecule has 2 rings (SSSR count). The molecule has 8 nitrogen and oxygen atoms in total. The zero-order valence-electron chi connectivity index (χ0n) is 12.9. The number of piperidine rings is 1. The number of amides is 1. The number of non-ortho nitro benzene ring substituents is 1. The average Bonchev–Trinajstić information content (AvgIpc) is 2.54. The zero-order chi connectivity index (χ0) is 17.0. The first kappa shape index (κ1) is 16.9. The van der Waals surface area contributed by atoms with Gasteiger partial charge in [-0.1, -0.05) is 6.92 Å². The molecule has 0 N–H and O–H groups in total. The second-order valence-corrected chi connectivity index (χ2v) is 5.65. The highest BCUT2D eigenvalue weighted by Crippen LogP contribution is 2.27. The first-order valence-electron chi connectivity index (χ1n) is 7.65. The van der Waals surface area contributed by atoms with Crippen LogP contribution >= 0.6 is 0 Å². The van der Waals surface area contributed by atoms with E-state index < -0.39 is 9.85 Å². The normalized spacial score (nSPS) is 17.8. The highest BCUT2D eigenvalue weighted by Gasteiger charge is 2.28. The third kappa shape index (κ3) is 3.82. The summed E-state index contributed by atoms with van der Waals surface area (Å²) in [6.07, 6.45) is 3.72. The molecule has 0 aromatic heterocycles. The van der Waals surface area contributed by atoms with Gasteiger partial charge in [0.25, 0.3) is 11.4 Å². The smallest absolute Gasteiger partial charge is 0.279 e. The van der Waals surface area contributed by atoms with Crippen molar-refractivity contribution in [1.82, 2.24) is 4.90 Å². The fourth-order valence-electron chi connectivity index (χ4n) is 3.00. The van der Waals surface area contributed by atoms with Gasteiger partial charge in [-0.05, 0) is 31.7 Å². The van der Waals surface area contributed by atoms with Crippen LogP contribution in [0.2, 0.25) is 0 Å². The molecular formula is C15H19N3O5. The molecule has 23 heavy (non-hydrogen) atoms. The molecular weight excluding hydrogens is 302 g/mol. The van der Waals surface area contributed by atoms with E-state index in [-0.39, 0.29) is 35.3 Å². The summed E-state index contributed by atoms with van der Waals surface area (Å²) in [5.41, 5.74) is -0.513. The highest BCUT2D eigenvalue weighted by atomic mass is 16.6. The Morgan fingerprint density at radius 3 is 2.61 bits per heavy atom. The van der Waals surface area contributed by atoms with Crippen LogP contribution in [-0.4, -0.2) is 33.2 Å². The van der Waals surface area contributed by atoms with Crippen LogP contribution < -0.4 is 0 Å². The largest absolute Gasteiger partial charge is 0.339 e. The zero-order valence-corrected chi connectivity index (χ0v) is 12.9. The first-order valence-corrected chi connectivity index (χ1v) is 7.65. The van der Waals surface area contributed by atoms with Crippen LogP contribution in [0.25, 0.3) is 0 Å². The number of hydrogen-bond donors (Lipinski definition) is 0. The molecule has 0 aliphatic carbocycles. The standard InChI is InChI=1S/C15H19N3O5/c1-2-12-5-3-4-8-16(12)15(19)9-11-6-7-13(17(20)21)10-14(11)18(22)23/h6-7,10,12H,2-5,8-9H2,1H3. The molecule has 1 heterocycles. The van der Waals surface area contributed by atoms with Crippen LogP contribution in [0.3, 0.4) is 0 Å². The Balaban J connectivity index is 2.23. The number of nitrogens with zero attached hydrogens (tertiary/aromatic N) is 3. The fraction of sp³-hybridized carbons (Fsp3) is 0.533. The van der Waals surface area contributed by atoms with Gasteiger partial charge in [0, 0.05) is 24.2 Å². The average molecular weight is 321 g/mol. The van der Waals surface area contributed by atoms with Crippen LogP contribution in [0.4, 0.5) is 11.4 Å². The maximum Gasteiger partial charge on any atom is 0.279 e. The van der Waals surface area contributed by atoms with Crippen molar-refractivity contribution in [3.63, 3.8) is 0 Å². The summed E-state index contributed by atoms with van der Waals surface area (Å²) in [6, 6.07) is 3.59. The van der Waals surface area contributed by atoms with Crippen molar-refractivity contribution in [3.05, 3.63) is 44.0 Å². The predicted molar refractivity (Wildman–Crippen MR) is 83.1 cm³/mol. The summed E-state index contributed by atoms with van der Waals surface area (Å²) in [6.45, 7) is 2.68. The molecule has 1 unspecified atom stereocenters. The van der Waals surface area contributed by atoms with Crippen LogP contribution in [0.5, 0.6) is 0 Å². The van der Waals surface area contributed by atoms with Crippen molar-refractivity contribution in [2.24, 2.45) is 0 Å². The molecule has 0 spiro atoms. The van der Waals surface area contributed by atoms with E-state index in [2.05, 4.69) is 0 Å². The number of nitro groups is 2. The minimum absolute atomic E-state index is 0.106. The van der Waals surface area contributed by atoms with Gasteiger partial charge in [0.1, 0.15) is 0 Å². The molecule has 1 fully saturated rings. The number of carbonyl (C=O) groups is 1. The summed E-state index contributed by atoms with van der Waals surface area (Å²) >= 11 is 0. The number of hydrogen-bond acceptors (Lipinski definition) is 5. The summed E-state index contributed by atoms with van der Waals surface area (Å²) in [7, 11) is 0. The highest BCUT2D eigenvalue weighted by molar-refractivity contribution is 5.80. The van der Waals surface area contributed by atoms with E-state index >= 15 is 0 Å². The Bertz CT molecular complexity index is 632. The van der Waals surface area contributed by atoms with Gasteiger partial charge in [-0.2, -0.15) is 0 Å². The van der Waals surface area contributed by atoms with E-state index in [1.54, 1.807) is 4.90 Å². The minimum Gasteiger partial charge on any atom is -0.339 e. The minimum atomic E-state index is -0.684. The molecule has 0 radical (unpaired) electrons. The Morgan fingerprint density at radius 2 is 2.00 bits per heavy atom. The van der Waals surface area contributed by atoms with Crippen molar-refractivity contribution in [1.29, 1.82) is 0 Å². The lowest BCUT2D eigenvalue weighted by Crippen LogP contribution is -2.44. The molecule has 1 aliphatic heterocycles. The van der Waals surface area contributed by atoms with Crippen molar-refractivity contribution in [3.8, 4) is 0 Å². The Morgan fingerprint density at radius 1 is 1.26 bits per heavy atom. The molecule has 1 aromatic rings. The van der Waals surface area contributed by atoms with E-state index in [0.717, 1.165) is 31.7 Å². The summed E-state index contributed by atoms with van der Waals surface area (Å²) in [5.74, 6) is -0.159. The number of likely N-dealkylation sites (tertiary alicyclic amines) is 1. The lowest BCUT2D eigenvalue weighted by Gasteiger charge is -2.35. The van der Waals surface area contributed by atoms with Crippen LogP contribution in [0.15, 0.2) is 18.2 Å². The Labute approximate surface area is 133 Å². The first-order chi connectivity index (χ1) is 10.9. The van der Waals surface area contributed by atoms with Crippen molar-refractivity contribution < 1.29 is 14.6 Å². The number of benzene rings is 1. The lowest BCUT2D eigenvalue weighted by atomic mass is 9.98. The Kier molecular flexibility index (Phi) is 5.25. The summed E-state index contributed by atoms with van der Waals surface area (Å²) in [4.78, 5) is 34.8. The van der Waals surface area contributed by atoms with Gasteiger partial charge in [0.05, 0.1) is 22.3 Å². The van der Waals surface area contributed by atoms with Gasteiger partial charge in [0.15, 0.2) is 0 Å². The number of rotatable bonds is 5. The molecule has 1 saturated heterocycles. The van der Waals surface area contributed by atoms with Crippen molar-refractivity contribution in [2.75, 3.05) is 6.54 Å². The van der Waals surface area contributed by atoms with Gasteiger partial charge in [-0.15, -0.1) is 0 Å². The van der Waals surface area contributed by atoms with Gasteiger partial charge < -0.3 is 4.90 Å².